The van der Waals surface area contributed by atoms with Gasteiger partial charge in [-0.1, -0.05) is 60.1 Å². The molecule has 1 aliphatic carbocycles. The van der Waals surface area contributed by atoms with Gasteiger partial charge in [0.25, 0.3) is 0 Å². The maximum absolute atomic E-state index is 6.54. The van der Waals surface area contributed by atoms with E-state index in [9.17, 15) is 0 Å². The molecule has 0 heterocycles. The molecular weight excluding hydrogens is 417 g/mol. The van der Waals surface area contributed by atoms with Crippen molar-refractivity contribution in [3.05, 3.63) is 56.5 Å². The summed E-state index contributed by atoms with van der Waals surface area (Å²) in [6, 6.07) is 9.90. The highest BCUT2D eigenvalue weighted by Gasteiger charge is 2.17. The Kier molecular flexibility index (Phi) is 8.16. The minimum atomic E-state index is 0.220. The number of benzene rings is 2. The molecule has 0 unspecified atom stereocenters. The second-order valence-electron chi connectivity index (χ2n) is 7.04. The second kappa shape index (κ2) is 10.6. The largest absolute Gasteiger partial charge is 0.490 e. The van der Waals surface area contributed by atoms with E-state index in [-0.39, 0.29) is 6.61 Å². The normalized spacial score (nSPS) is 14.9. The molecule has 0 amide bonds. The molecule has 2 aromatic carbocycles. The lowest BCUT2D eigenvalue weighted by Crippen LogP contribution is -2.30. The van der Waals surface area contributed by atoms with E-state index in [4.69, 9.17) is 44.3 Å². The lowest BCUT2D eigenvalue weighted by atomic mass is 9.95. The van der Waals surface area contributed by atoms with E-state index in [1.807, 2.05) is 19.1 Å². The van der Waals surface area contributed by atoms with Crippen molar-refractivity contribution in [1.82, 2.24) is 5.32 Å². The van der Waals surface area contributed by atoms with E-state index in [0.29, 0.717) is 39.2 Å². The van der Waals surface area contributed by atoms with Crippen molar-refractivity contribution in [3.8, 4) is 11.5 Å². The molecule has 2 aromatic rings. The molecule has 0 aromatic heterocycles. The first-order valence-corrected chi connectivity index (χ1v) is 11.0. The summed E-state index contributed by atoms with van der Waals surface area (Å²) in [6.07, 6.45) is 6.44. The zero-order chi connectivity index (χ0) is 19.9. The fourth-order valence-electron chi connectivity index (χ4n) is 3.51. The lowest BCUT2D eigenvalue weighted by Gasteiger charge is -2.23. The molecular formula is C22H26Cl3NO2. The zero-order valence-electron chi connectivity index (χ0n) is 16.1. The van der Waals surface area contributed by atoms with Gasteiger partial charge in [-0.3, -0.25) is 0 Å². The van der Waals surface area contributed by atoms with Crippen molar-refractivity contribution in [2.75, 3.05) is 6.61 Å². The van der Waals surface area contributed by atoms with E-state index < -0.39 is 0 Å². The van der Waals surface area contributed by atoms with E-state index >= 15 is 0 Å². The smallest absolute Gasteiger partial charge is 0.180 e. The number of ether oxygens (including phenoxy) is 2. The van der Waals surface area contributed by atoms with Crippen LogP contribution in [0.25, 0.3) is 0 Å². The van der Waals surface area contributed by atoms with Crippen LogP contribution in [0.1, 0.15) is 50.2 Å². The van der Waals surface area contributed by atoms with E-state index in [1.165, 1.54) is 32.1 Å². The summed E-state index contributed by atoms with van der Waals surface area (Å²) in [5.41, 5.74) is 1.81. The van der Waals surface area contributed by atoms with Crippen LogP contribution < -0.4 is 14.8 Å². The summed E-state index contributed by atoms with van der Waals surface area (Å²) < 4.78 is 11.8. The van der Waals surface area contributed by atoms with Crippen LogP contribution in [0.2, 0.25) is 15.1 Å². The summed E-state index contributed by atoms with van der Waals surface area (Å²) in [7, 11) is 0. The monoisotopic (exact) mass is 441 g/mol. The lowest BCUT2D eigenvalue weighted by molar-refractivity contribution is 0.269. The Morgan fingerprint density at radius 3 is 2.36 bits per heavy atom. The fourth-order valence-corrected chi connectivity index (χ4v) is 4.30. The summed E-state index contributed by atoms with van der Waals surface area (Å²) in [5, 5.41) is 5.29. The van der Waals surface area contributed by atoms with Crippen LogP contribution in [-0.2, 0) is 13.2 Å². The molecule has 1 fully saturated rings. The van der Waals surface area contributed by atoms with Gasteiger partial charge in [-0.15, -0.1) is 0 Å². The average molecular weight is 443 g/mol. The molecule has 152 valence electrons. The Morgan fingerprint density at radius 2 is 1.68 bits per heavy atom. The van der Waals surface area contributed by atoms with Gasteiger partial charge in [0.2, 0.25) is 0 Å². The van der Waals surface area contributed by atoms with Gasteiger partial charge in [0.1, 0.15) is 6.61 Å². The quantitative estimate of drug-likeness (QED) is 0.475. The Bertz CT molecular complexity index is 771. The molecule has 0 spiro atoms. The predicted molar refractivity (Wildman–Crippen MR) is 117 cm³/mol. The van der Waals surface area contributed by atoms with Crippen molar-refractivity contribution >= 4 is 34.8 Å². The molecule has 1 aliphatic rings. The van der Waals surface area contributed by atoms with Gasteiger partial charge in [0, 0.05) is 28.2 Å². The SMILES string of the molecule is CCOc1cc(CNC2CCCCC2)cc(Cl)c1OCc1c(Cl)cccc1Cl. The number of hydrogen-bond donors (Lipinski definition) is 1. The van der Waals surface area contributed by atoms with Crippen LogP contribution >= 0.6 is 34.8 Å². The van der Waals surface area contributed by atoms with E-state index in [0.717, 1.165) is 17.7 Å². The highest BCUT2D eigenvalue weighted by molar-refractivity contribution is 6.36. The van der Waals surface area contributed by atoms with Crippen LogP contribution in [0.3, 0.4) is 0 Å². The molecule has 0 saturated heterocycles. The van der Waals surface area contributed by atoms with Gasteiger partial charge in [0.05, 0.1) is 11.6 Å². The van der Waals surface area contributed by atoms with Crippen LogP contribution in [0.5, 0.6) is 11.5 Å². The third-order valence-corrected chi connectivity index (χ3v) is 5.98. The summed E-state index contributed by atoms with van der Waals surface area (Å²) >= 11 is 19.0. The maximum Gasteiger partial charge on any atom is 0.180 e. The van der Waals surface area contributed by atoms with Gasteiger partial charge in [-0.25, -0.2) is 0 Å². The van der Waals surface area contributed by atoms with Crippen molar-refractivity contribution in [3.63, 3.8) is 0 Å². The molecule has 0 atom stereocenters. The van der Waals surface area contributed by atoms with Crippen molar-refractivity contribution in [1.29, 1.82) is 0 Å². The molecule has 1 saturated carbocycles. The summed E-state index contributed by atoms with van der Waals surface area (Å²) in [4.78, 5) is 0. The van der Waals surface area contributed by atoms with Crippen LogP contribution in [0.15, 0.2) is 30.3 Å². The van der Waals surface area contributed by atoms with Gasteiger partial charge in [-0.05, 0) is 49.6 Å². The first kappa shape index (κ1) is 21.6. The van der Waals surface area contributed by atoms with Gasteiger partial charge >= 0.3 is 0 Å². The first-order chi connectivity index (χ1) is 13.6. The summed E-state index contributed by atoms with van der Waals surface area (Å²) in [5.74, 6) is 1.15. The summed E-state index contributed by atoms with van der Waals surface area (Å²) in [6.45, 7) is 3.45. The van der Waals surface area contributed by atoms with Crippen molar-refractivity contribution in [2.24, 2.45) is 0 Å². The molecule has 0 bridgehead atoms. The molecule has 3 rings (SSSR count). The highest BCUT2D eigenvalue weighted by Crippen LogP contribution is 2.38. The Balaban J connectivity index is 1.73. The zero-order valence-corrected chi connectivity index (χ0v) is 18.3. The average Bonchev–Trinajstić information content (AvgIpc) is 2.68. The number of nitrogens with one attached hydrogen (secondary N) is 1. The highest BCUT2D eigenvalue weighted by atomic mass is 35.5. The first-order valence-electron chi connectivity index (χ1n) is 9.82. The minimum Gasteiger partial charge on any atom is -0.490 e. The van der Waals surface area contributed by atoms with Gasteiger partial charge < -0.3 is 14.8 Å². The van der Waals surface area contributed by atoms with Gasteiger partial charge in [0.15, 0.2) is 11.5 Å². The van der Waals surface area contributed by atoms with Crippen LogP contribution in [0, 0.1) is 0 Å². The molecule has 6 heteroatoms. The van der Waals surface area contributed by atoms with Crippen LogP contribution in [0.4, 0.5) is 0 Å². The minimum absolute atomic E-state index is 0.220. The number of halogens is 3. The molecule has 3 nitrogen and oxygen atoms in total. The Labute approximate surface area is 182 Å². The number of rotatable bonds is 8. The predicted octanol–water partition coefficient (Wildman–Crippen LogP) is 7.05. The standard InChI is InChI=1S/C22H26Cl3NO2/c1-2-27-21-12-15(13-26-16-7-4-3-5-8-16)11-20(25)22(21)28-14-17-18(23)9-6-10-19(17)24/h6,9-12,16,26H,2-5,7-8,13-14H2,1H3. The van der Waals surface area contributed by atoms with Crippen molar-refractivity contribution < 1.29 is 9.47 Å². The molecule has 0 aliphatic heterocycles. The van der Waals surface area contributed by atoms with Crippen molar-refractivity contribution in [2.45, 2.75) is 58.2 Å². The second-order valence-corrected chi connectivity index (χ2v) is 8.26. The third kappa shape index (κ3) is 5.70. The van der Waals surface area contributed by atoms with Gasteiger partial charge in [-0.2, -0.15) is 0 Å². The Morgan fingerprint density at radius 1 is 0.964 bits per heavy atom. The fraction of sp³-hybridized carbons (Fsp3) is 0.455. The molecule has 0 radical (unpaired) electrons. The van der Waals surface area contributed by atoms with E-state index in [1.54, 1.807) is 18.2 Å². The van der Waals surface area contributed by atoms with Crippen LogP contribution in [-0.4, -0.2) is 12.6 Å². The topological polar surface area (TPSA) is 30.5 Å². The molecule has 1 N–H and O–H groups in total. The van der Waals surface area contributed by atoms with E-state index in [2.05, 4.69) is 5.32 Å². The molecule has 28 heavy (non-hydrogen) atoms. The maximum atomic E-state index is 6.54. The third-order valence-electron chi connectivity index (χ3n) is 4.99. The Hall–Kier alpha value is -1.13. The number of hydrogen-bond acceptors (Lipinski definition) is 3.